The van der Waals surface area contributed by atoms with E-state index in [0.29, 0.717) is 0 Å². The topological polar surface area (TPSA) is 53.2 Å². The first-order valence-corrected chi connectivity index (χ1v) is 7.85. The molecule has 0 bridgehead atoms. The van der Waals surface area contributed by atoms with Gasteiger partial charge in [0.1, 0.15) is 5.56 Å². The Kier molecular flexibility index (Phi) is 5.04. The van der Waals surface area contributed by atoms with E-state index in [2.05, 4.69) is 18.8 Å². The highest BCUT2D eigenvalue weighted by Crippen LogP contribution is 2.30. The number of aromatic amines is 1. The number of nitrogens with zero attached hydrogens (tertiary/aromatic N) is 1. The van der Waals surface area contributed by atoms with Crippen LogP contribution in [0.2, 0.25) is 0 Å². The van der Waals surface area contributed by atoms with Crippen molar-refractivity contribution in [3.8, 4) is 0 Å². The van der Waals surface area contributed by atoms with Gasteiger partial charge >= 0.3 is 0 Å². The molecule has 4 heteroatoms. The molecule has 1 amide bonds. The summed E-state index contributed by atoms with van der Waals surface area (Å²) in [6, 6.07) is 11.3. The van der Waals surface area contributed by atoms with E-state index >= 15 is 0 Å². The van der Waals surface area contributed by atoms with Crippen molar-refractivity contribution in [2.75, 3.05) is 7.05 Å². The molecule has 0 saturated heterocycles. The zero-order valence-electron chi connectivity index (χ0n) is 14.4. The highest BCUT2D eigenvalue weighted by Gasteiger charge is 2.27. The van der Waals surface area contributed by atoms with Gasteiger partial charge in [-0.25, -0.2) is 0 Å². The minimum Gasteiger partial charge on any atom is -0.334 e. The molecule has 2 rings (SSSR count). The lowest BCUT2D eigenvalue weighted by atomic mass is 9.91. The van der Waals surface area contributed by atoms with Crippen molar-refractivity contribution >= 4 is 5.91 Å². The summed E-state index contributed by atoms with van der Waals surface area (Å²) in [5.41, 5.74) is 2.84. The zero-order valence-corrected chi connectivity index (χ0v) is 14.4. The molecule has 4 nitrogen and oxygen atoms in total. The van der Waals surface area contributed by atoms with E-state index in [1.807, 2.05) is 31.2 Å². The number of nitrogens with one attached hydrogen (secondary N) is 1. The third kappa shape index (κ3) is 3.52. The quantitative estimate of drug-likeness (QED) is 0.940. The van der Waals surface area contributed by atoms with Crippen LogP contribution in [0.4, 0.5) is 0 Å². The van der Waals surface area contributed by atoms with Gasteiger partial charge in [0.2, 0.25) is 0 Å². The molecule has 2 aromatic rings. The van der Waals surface area contributed by atoms with Crippen LogP contribution < -0.4 is 5.56 Å². The zero-order chi connectivity index (χ0) is 17.1. The van der Waals surface area contributed by atoms with Gasteiger partial charge in [-0.1, -0.05) is 38.1 Å². The van der Waals surface area contributed by atoms with Gasteiger partial charge in [-0.2, -0.15) is 0 Å². The average molecular weight is 312 g/mol. The SMILES string of the molecule is Cc1ccc(C(=O)N(C)[C@H](c2ccccc2C)C(C)C)c(=O)[nH]1. The summed E-state index contributed by atoms with van der Waals surface area (Å²) in [7, 11) is 1.76. The maximum Gasteiger partial charge on any atom is 0.260 e. The lowest BCUT2D eigenvalue weighted by Crippen LogP contribution is -2.37. The van der Waals surface area contributed by atoms with Gasteiger partial charge in [0.15, 0.2) is 0 Å². The first kappa shape index (κ1) is 17.0. The first-order chi connectivity index (χ1) is 10.8. The van der Waals surface area contributed by atoms with Crippen LogP contribution in [0.15, 0.2) is 41.2 Å². The lowest BCUT2D eigenvalue weighted by Gasteiger charge is -2.32. The van der Waals surface area contributed by atoms with Crippen molar-refractivity contribution < 1.29 is 4.79 Å². The number of hydrogen-bond acceptors (Lipinski definition) is 2. The van der Waals surface area contributed by atoms with Crippen molar-refractivity contribution in [2.24, 2.45) is 5.92 Å². The fourth-order valence-corrected chi connectivity index (χ4v) is 2.99. The summed E-state index contributed by atoms with van der Waals surface area (Å²) in [6.45, 7) is 8.01. The molecule has 0 radical (unpaired) electrons. The maximum atomic E-state index is 12.8. The standard InChI is InChI=1S/C19H24N2O2/c1-12(2)17(15-9-7-6-8-13(15)3)21(5)19(23)16-11-10-14(4)20-18(16)22/h6-12,17H,1-5H3,(H,20,22)/t17-/m0/s1. The molecule has 0 aliphatic carbocycles. The molecule has 1 N–H and O–H groups in total. The number of hydrogen-bond donors (Lipinski definition) is 1. The fraction of sp³-hybridized carbons (Fsp3) is 0.368. The number of benzene rings is 1. The predicted molar refractivity (Wildman–Crippen MR) is 92.7 cm³/mol. The molecule has 122 valence electrons. The summed E-state index contributed by atoms with van der Waals surface area (Å²) < 4.78 is 0. The predicted octanol–water partition coefficient (Wildman–Crippen LogP) is 3.46. The van der Waals surface area contributed by atoms with Crippen molar-refractivity contribution in [3.63, 3.8) is 0 Å². The number of pyridine rings is 1. The molecule has 0 aliphatic heterocycles. The number of amides is 1. The highest BCUT2D eigenvalue weighted by atomic mass is 16.2. The van der Waals surface area contributed by atoms with Crippen LogP contribution >= 0.6 is 0 Å². The Morgan fingerprint density at radius 1 is 1.09 bits per heavy atom. The molecule has 1 atom stereocenters. The van der Waals surface area contributed by atoms with Crippen LogP contribution in [0.1, 0.15) is 47.1 Å². The number of aromatic nitrogens is 1. The van der Waals surface area contributed by atoms with Crippen LogP contribution in [-0.4, -0.2) is 22.8 Å². The molecular formula is C19H24N2O2. The molecule has 23 heavy (non-hydrogen) atoms. The molecule has 0 fully saturated rings. The molecule has 1 heterocycles. The van der Waals surface area contributed by atoms with Gasteiger partial charge in [0, 0.05) is 12.7 Å². The van der Waals surface area contributed by atoms with Crippen molar-refractivity contribution in [2.45, 2.75) is 33.7 Å². The molecule has 0 saturated carbocycles. The van der Waals surface area contributed by atoms with E-state index in [1.165, 1.54) is 0 Å². The van der Waals surface area contributed by atoms with Crippen LogP contribution in [-0.2, 0) is 0 Å². The summed E-state index contributed by atoms with van der Waals surface area (Å²) in [4.78, 5) is 29.3. The average Bonchev–Trinajstić information content (AvgIpc) is 2.48. The van der Waals surface area contributed by atoms with Gasteiger partial charge in [0.25, 0.3) is 11.5 Å². The number of carbonyl (C=O) groups is 1. The van der Waals surface area contributed by atoms with Crippen LogP contribution in [0.25, 0.3) is 0 Å². The second-order valence-electron chi connectivity index (χ2n) is 6.35. The summed E-state index contributed by atoms with van der Waals surface area (Å²) in [5, 5.41) is 0. The van der Waals surface area contributed by atoms with Gasteiger partial charge in [0.05, 0.1) is 6.04 Å². The van der Waals surface area contributed by atoms with Gasteiger partial charge < -0.3 is 9.88 Å². The number of carbonyl (C=O) groups excluding carboxylic acids is 1. The maximum absolute atomic E-state index is 12.8. The Morgan fingerprint density at radius 2 is 1.74 bits per heavy atom. The Hall–Kier alpha value is -2.36. The Balaban J connectivity index is 2.42. The fourth-order valence-electron chi connectivity index (χ4n) is 2.99. The number of H-pyrrole nitrogens is 1. The Bertz CT molecular complexity index is 762. The summed E-state index contributed by atoms with van der Waals surface area (Å²) >= 11 is 0. The number of rotatable bonds is 4. The van der Waals surface area contributed by atoms with E-state index in [9.17, 15) is 9.59 Å². The molecule has 0 aliphatic rings. The van der Waals surface area contributed by atoms with E-state index < -0.39 is 0 Å². The van der Waals surface area contributed by atoms with Crippen LogP contribution in [0.5, 0.6) is 0 Å². The third-order valence-corrected chi connectivity index (χ3v) is 4.16. The highest BCUT2D eigenvalue weighted by molar-refractivity contribution is 5.94. The summed E-state index contributed by atoms with van der Waals surface area (Å²) in [6.07, 6.45) is 0. The lowest BCUT2D eigenvalue weighted by molar-refractivity contribution is 0.0685. The van der Waals surface area contributed by atoms with E-state index in [0.717, 1.165) is 16.8 Å². The normalized spacial score (nSPS) is 12.3. The van der Waals surface area contributed by atoms with Crippen molar-refractivity contribution in [1.29, 1.82) is 0 Å². The smallest absolute Gasteiger partial charge is 0.260 e. The minimum atomic E-state index is -0.339. The second-order valence-corrected chi connectivity index (χ2v) is 6.35. The monoisotopic (exact) mass is 312 g/mol. The Morgan fingerprint density at radius 3 is 2.30 bits per heavy atom. The van der Waals surface area contributed by atoms with Crippen LogP contribution in [0.3, 0.4) is 0 Å². The molecular weight excluding hydrogens is 288 g/mol. The number of aryl methyl sites for hydroxylation is 2. The van der Waals surface area contributed by atoms with Crippen molar-refractivity contribution in [3.05, 3.63) is 69.1 Å². The van der Waals surface area contributed by atoms with E-state index in [4.69, 9.17) is 0 Å². The molecule has 0 unspecified atom stereocenters. The largest absolute Gasteiger partial charge is 0.334 e. The van der Waals surface area contributed by atoms with Crippen LogP contribution in [0, 0.1) is 19.8 Å². The Labute approximate surface area is 137 Å². The first-order valence-electron chi connectivity index (χ1n) is 7.85. The molecule has 1 aromatic heterocycles. The van der Waals surface area contributed by atoms with E-state index in [-0.39, 0.29) is 29.0 Å². The van der Waals surface area contributed by atoms with Gasteiger partial charge in [-0.3, -0.25) is 9.59 Å². The molecule has 0 spiro atoms. The van der Waals surface area contributed by atoms with Gasteiger partial charge in [-0.05, 0) is 43.0 Å². The van der Waals surface area contributed by atoms with Crippen molar-refractivity contribution in [1.82, 2.24) is 9.88 Å². The minimum absolute atomic E-state index is 0.0793. The third-order valence-electron chi connectivity index (χ3n) is 4.16. The van der Waals surface area contributed by atoms with Gasteiger partial charge in [-0.15, -0.1) is 0 Å². The van der Waals surface area contributed by atoms with E-state index in [1.54, 1.807) is 31.0 Å². The summed E-state index contributed by atoms with van der Waals surface area (Å²) in [5.74, 6) is -0.0252. The second kappa shape index (κ2) is 6.82. The molecule has 1 aromatic carbocycles.